The fourth-order valence-corrected chi connectivity index (χ4v) is 4.93. The van der Waals surface area contributed by atoms with Gasteiger partial charge in [0.2, 0.25) is 0 Å². The summed E-state index contributed by atoms with van der Waals surface area (Å²) in [5, 5.41) is 3.76. The van der Waals surface area contributed by atoms with Gasteiger partial charge in [-0.15, -0.1) is 0 Å². The topological polar surface area (TPSA) is 82.2 Å². The molecule has 0 bridgehead atoms. The maximum Gasteiger partial charge on any atom is 0.338 e. The summed E-state index contributed by atoms with van der Waals surface area (Å²) in [6.45, 7) is 4.41. The van der Waals surface area contributed by atoms with Crippen LogP contribution in [0.15, 0.2) is 59.8 Å². The van der Waals surface area contributed by atoms with Crippen LogP contribution in [0.3, 0.4) is 0 Å². The Morgan fingerprint density at radius 2 is 1.64 bits per heavy atom. The number of likely N-dealkylation sites (N-methyl/N-ethyl adjacent to an activating group) is 1. The fraction of sp³-hybridized carbons (Fsp3) is 0.346. The van der Waals surface area contributed by atoms with Crippen molar-refractivity contribution in [3.63, 3.8) is 0 Å². The summed E-state index contributed by atoms with van der Waals surface area (Å²) in [5.74, 6) is -0.614. The second-order valence-corrected chi connectivity index (χ2v) is 9.41. The van der Waals surface area contributed by atoms with E-state index in [1.54, 1.807) is 61.3 Å². The molecule has 0 aromatic heterocycles. The molecule has 1 unspecified atom stereocenters. The first-order valence-electron chi connectivity index (χ1n) is 11.8. The van der Waals surface area contributed by atoms with Gasteiger partial charge in [-0.2, -0.15) is 0 Å². The molecule has 10 heteroatoms. The quantitative estimate of drug-likeness (QED) is 0.571. The number of amides is 3. The molecule has 8 nitrogen and oxygen atoms in total. The lowest BCUT2D eigenvalue weighted by Crippen LogP contribution is -2.53. The van der Waals surface area contributed by atoms with E-state index in [1.165, 1.54) is 4.90 Å². The fourth-order valence-electron chi connectivity index (χ4n) is 4.47. The Labute approximate surface area is 220 Å². The number of hydrogen-bond acceptors (Lipinski definition) is 5. The zero-order valence-electron chi connectivity index (χ0n) is 20.2. The number of carbonyl (C=O) groups excluding carboxylic acids is 3. The SMILES string of the molecule is CCOC(=O)C1=C(CN2CCN(C(=O)c3ccccc3Cl)CC2)N(C)C(=O)NC1c1ccccc1Cl. The highest BCUT2D eigenvalue weighted by Crippen LogP contribution is 2.34. The molecule has 2 heterocycles. The van der Waals surface area contributed by atoms with Crippen LogP contribution >= 0.6 is 23.2 Å². The number of hydrogen-bond donors (Lipinski definition) is 1. The first-order chi connectivity index (χ1) is 17.3. The smallest absolute Gasteiger partial charge is 0.338 e. The number of piperazine rings is 1. The zero-order chi connectivity index (χ0) is 25.8. The van der Waals surface area contributed by atoms with Crippen LogP contribution in [0.5, 0.6) is 0 Å². The third kappa shape index (κ3) is 5.36. The maximum absolute atomic E-state index is 13.1. The van der Waals surface area contributed by atoms with Gasteiger partial charge in [-0.3, -0.25) is 14.6 Å². The summed E-state index contributed by atoms with van der Waals surface area (Å²) >= 11 is 12.7. The van der Waals surface area contributed by atoms with Gasteiger partial charge in [-0.05, 0) is 30.7 Å². The molecule has 3 amide bonds. The normalized spacial score (nSPS) is 18.8. The Kier molecular flexibility index (Phi) is 8.18. The Morgan fingerprint density at radius 1 is 1.00 bits per heavy atom. The van der Waals surface area contributed by atoms with Crippen LogP contribution in [0, 0.1) is 0 Å². The van der Waals surface area contributed by atoms with Gasteiger partial charge >= 0.3 is 12.0 Å². The predicted octanol–water partition coefficient (Wildman–Crippen LogP) is 3.96. The number of halogens is 2. The summed E-state index contributed by atoms with van der Waals surface area (Å²) in [6.07, 6.45) is 0. The molecule has 1 atom stereocenters. The third-order valence-corrected chi connectivity index (χ3v) is 7.10. The standard InChI is InChI=1S/C26H28Cl2N4O4/c1-3-36-25(34)22-21(30(2)26(35)29-23(22)17-8-4-6-10-19(17)27)16-31-12-14-32(15-13-31)24(33)18-9-5-7-11-20(18)28/h4-11,23H,3,12-16H2,1-2H3,(H,29,35). The van der Waals surface area contributed by atoms with Crippen LogP contribution in [-0.2, 0) is 9.53 Å². The number of nitrogens with zero attached hydrogens (tertiary/aromatic N) is 3. The van der Waals surface area contributed by atoms with Crippen LogP contribution in [0.1, 0.15) is 28.9 Å². The number of benzene rings is 2. The van der Waals surface area contributed by atoms with E-state index in [0.717, 1.165) is 0 Å². The van der Waals surface area contributed by atoms with Gasteiger partial charge in [0, 0.05) is 50.5 Å². The first kappa shape index (κ1) is 26.0. The van der Waals surface area contributed by atoms with Gasteiger partial charge in [0.15, 0.2) is 0 Å². The van der Waals surface area contributed by atoms with Crippen molar-refractivity contribution in [3.8, 4) is 0 Å². The number of rotatable bonds is 6. The van der Waals surface area contributed by atoms with Crippen LogP contribution < -0.4 is 5.32 Å². The van der Waals surface area contributed by atoms with E-state index in [9.17, 15) is 14.4 Å². The highest BCUT2D eigenvalue weighted by atomic mass is 35.5. The van der Waals surface area contributed by atoms with Crippen molar-refractivity contribution in [2.75, 3.05) is 46.4 Å². The van der Waals surface area contributed by atoms with Gasteiger partial charge in [-0.1, -0.05) is 53.5 Å². The second kappa shape index (κ2) is 11.3. The van der Waals surface area contributed by atoms with Gasteiger partial charge in [0.25, 0.3) is 5.91 Å². The van der Waals surface area contributed by atoms with Crippen molar-refractivity contribution in [2.45, 2.75) is 13.0 Å². The molecule has 0 spiro atoms. The van der Waals surface area contributed by atoms with Gasteiger partial charge < -0.3 is 15.0 Å². The Bertz CT molecular complexity index is 1190. The number of carbonyl (C=O) groups is 3. The number of ether oxygens (including phenoxy) is 1. The Hall–Kier alpha value is -3.07. The molecule has 1 saturated heterocycles. The molecular weight excluding hydrogens is 503 g/mol. The zero-order valence-corrected chi connectivity index (χ0v) is 21.7. The minimum Gasteiger partial charge on any atom is -0.463 e. The minimum atomic E-state index is -0.737. The van der Waals surface area contributed by atoms with Gasteiger partial charge in [0.1, 0.15) is 0 Å². The van der Waals surface area contributed by atoms with Crippen molar-refractivity contribution in [3.05, 3.63) is 81.0 Å². The van der Waals surface area contributed by atoms with E-state index in [1.807, 2.05) is 6.07 Å². The summed E-state index contributed by atoms with van der Waals surface area (Å²) in [6, 6.07) is 13.0. The molecule has 0 radical (unpaired) electrons. The van der Waals surface area contributed by atoms with E-state index >= 15 is 0 Å². The van der Waals surface area contributed by atoms with E-state index in [0.29, 0.717) is 65.2 Å². The van der Waals surface area contributed by atoms with Crippen LogP contribution in [0.2, 0.25) is 10.0 Å². The highest BCUT2D eigenvalue weighted by Gasteiger charge is 2.38. The van der Waals surface area contributed by atoms with Crippen molar-refractivity contribution >= 4 is 41.1 Å². The third-order valence-electron chi connectivity index (χ3n) is 6.43. The molecule has 190 valence electrons. The molecule has 2 aliphatic heterocycles. The van der Waals surface area contributed by atoms with Crippen molar-refractivity contribution < 1.29 is 19.1 Å². The van der Waals surface area contributed by atoms with Gasteiger partial charge in [-0.25, -0.2) is 9.59 Å². The van der Waals surface area contributed by atoms with E-state index in [2.05, 4.69) is 10.2 Å². The molecular formula is C26H28Cl2N4O4. The molecule has 2 aliphatic rings. The van der Waals surface area contributed by atoms with Crippen molar-refractivity contribution in [2.24, 2.45) is 0 Å². The van der Waals surface area contributed by atoms with Crippen LogP contribution in [0.4, 0.5) is 4.79 Å². The Balaban J connectivity index is 1.58. The predicted molar refractivity (Wildman–Crippen MR) is 138 cm³/mol. The van der Waals surface area contributed by atoms with Gasteiger partial charge in [0.05, 0.1) is 28.8 Å². The second-order valence-electron chi connectivity index (χ2n) is 8.59. The lowest BCUT2D eigenvalue weighted by atomic mass is 9.94. The number of esters is 1. The highest BCUT2D eigenvalue weighted by molar-refractivity contribution is 6.33. The summed E-state index contributed by atoms with van der Waals surface area (Å²) in [4.78, 5) is 44.3. The molecule has 1 N–H and O–H groups in total. The van der Waals surface area contributed by atoms with Crippen LogP contribution in [-0.4, -0.2) is 79.0 Å². The lowest BCUT2D eigenvalue weighted by molar-refractivity contribution is -0.139. The number of urea groups is 1. The largest absolute Gasteiger partial charge is 0.463 e. The maximum atomic E-state index is 13.1. The van der Waals surface area contributed by atoms with E-state index in [-0.39, 0.29) is 18.5 Å². The Morgan fingerprint density at radius 3 is 2.28 bits per heavy atom. The summed E-state index contributed by atoms with van der Waals surface area (Å²) < 4.78 is 5.38. The molecule has 1 fully saturated rings. The van der Waals surface area contributed by atoms with E-state index < -0.39 is 12.0 Å². The summed E-state index contributed by atoms with van der Waals surface area (Å²) in [5.41, 5.74) is 2.00. The van der Waals surface area contributed by atoms with Crippen LogP contribution in [0.25, 0.3) is 0 Å². The number of nitrogens with one attached hydrogen (secondary N) is 1. The molecule has 36 heavy (non-hydrogen) atoms. The molecule has 2 aromatic rings. The molecule has 0 saturated carbocycles. The molecule has 0 aliphatic carbocycles. The molecule has 2 aromatic carbocycles. The summed E-state index contributed by atoms with van der Waals surface area (Å²) in [7, 11) is 1.63. The average Bonchev–Trinajstić information content (AvgIpc) is 2.87. The first-order valence-corrected chi connectivity index (χ1v) is 12.5. The lowest BCUT2D eigenvalue weighted by Gasteiger charge is -2.39. The minimum absolute atomic E-state index is 0.111. The van der Waals surface area contributed by atoms with E-state index in [4.69, 9.17) is 27.9 Å². The van der Waals surface area contributed by atoms with Crippen molar-refractivity contribution in [1.29, 1.82) is 0 Å². The molecule has 4 rings (SSSR count). The van der Waals surface area contributed by atoms with Crippen molar-refractivity contribution in [1.82, 2.24) is 20.0 Å². The average molecular weight is 531 g/mol. The monoisotopic (exact) mass is 530 g/mol.